The number of nitrogens with one attached hydrogen (secondary N) is 1. The van der Waals surface area contributed by atoms with Gasteiger partial charge in [-0.2, -0.15) is 0 Å². The molecule has 0 spiro atoms. The van der Waals surface area contributed by atoms with E-state index >= 15 is 0 Å². The van der Waals surface area contributed by atoms with Gasteiger partial charge in [0.25, 0.3) is 0 Å². The van der Waals surface area contributed by atoms with Gasteiger partial charge in [0.2, 0.25) is 0 Å². The molecule has 18 heavy (non-hydrogen) atoms. The van der Waals surface area contributed by atoms with Gasteiger partial charge < -0.3 is 10.4 Å². The third-order valence-corrected chi connectivity index (χ3v) is 3.45. The van der Waals surface area contributed by atoms with Gasteiger partial charge in [-0.15, -0.1) is 0 Å². The highest BCUT2D eigenvalue weighted by atomic mass is 16.3. The maximum atomic E-state index is 9.23. The number of rotatable bonds is 8. The number of aromatic hydroxyl groups is 1. The van der Waals surface area contributed by atoms with Crippen molar-refractivity contribution in [3.63, 3.8) is 0 Å². The predicted molar refractivity (Wildman–Crippen MR) is 78.0 cm³/mol. The van der Waals surface area contributed by atoms with E-state index in [0.29, 0.717) is 17.8 Å². The molecule has 0 radical (unpaired) electrons. The zero-order valence-electron chi connectivity index (χ0n) is 11.9. The van der Waals surface area contributed by atoms with Crippen molar-refractivity contribution in [3.05, 3.63) is 29.8 Å². The fourth-order valence-corrected chi connectivity index (χ4v) is 2.29. The van der Waals surface area contributed by atoms with Crippen LogP contribution in [0.1, 0.15) is 52.0 Å². The van der Waals surface area contributed by atoms with Gasteiger partial charge in [-0.05, 0) is 50.3 Å². The summed E-state index contributed by atoms with van der Waals surface area (Å²) in [6, 6.07) is 8.75. The highest BCUT2D eigenvalue weighted by molar-refractivity contribution is 5.25. The normalized spacial score (nSPS) is 14.4. The molecule has 0 bridgehead atoms. The Morgan fingerprint density at radius 3 is 2.33 bits per heavy atom. The summed E-state index contributed by atoms with van der Waals surface area (Å²) in [7, 11) is 0. The summed E-state index contributed by atoms with van der Waals surface area (Å²) >= 11 is 0. The Hall–Kier alpha value is -1.02. The third kappa shape index (κ3) is 5.54. The lowest BCUT2D eigenvalue weighted by Gasteiger charge is -2.22. The number of benzene rings is 1. The Kier molecular flexibility index (Phi) is 6.81. The number of phenols is 1. The van der Waals surface area contributed by atoms with Crippen LogP contribution in [0.3, 0.4) is 0 Å². The van der Waals surface area contributed by atoms with E-state index in [1.807, 2.05) is 12.1 Å². The molecule has 2 atom stereocenters. The summed E-state index contributed by atoms with van der Waals surface area (Å²) in [5.41, 5.74) is 1.30. The monoisotopic (exact) mass is 249 g/mol. The average Bonchev–Trinajstić information content (AvgIpc) is 2.37. The lowest BCUT2D eigenvalue weighted by Crippen LogP contribution is -2.36. The van der Waals surface area contributed by atoms with Gasteiger partial charge in [0.05, 0.1) is 0 Å². The molecule has 0 fully saturated rings. The molecule has 0 amide bonds. The van der Waals surface area contributed by atoms with Crippen LogP contribution in [0.2, 0.25) is 0 Å². The zero-order valence-corrected chi connectivity index (χ0v) is 11.9. The lowest BCUT2D eigenvalue weighted by atomic mass is 10.0. The van der Waals surface area contributed by atoms with Crippen LogP contribution in [0, 0.1) is 0 Å². The standard InChI is InChI=1S/C16H27NO/c1-4-6-15(5-2)17-13(3)7-8-14-9-11-16(18)12-10-14/h9-13,15,17-18H,4-8H2,1-3H3. The van der Waals surface area contributed by atoms with Crippen LogP contribution >= 0.6 is 0 Å². The van der Waals surface area contributed by atoms with Gasteiger partial charge in [0.1, 0.15) is 5.75 Å². The number of phenolic OH excluding ortho intramolecular Hbond substituents is 1. The van der Waals surface area contributed by atoms with Gasteiger partial charge in [0, 0.05) is 12.1 Å². The second-order valence-corrected chi connectivity index (χ2v) is 5.17. The minimum atomic E-state index is 0.346. The van der Waals surface area contributed by atoms with Crippen LogP contribution in [0.15, 0.2) is 24.3 Å². The molecule has 1 rings (SSSR count). The topological polar surface area (TPSA) is 32.3 Å². The van der Waals surface area contributed by atoms with Gasteiger partial charge in [-0.1, -0.05) is 32.4 Å². The number of aryl methyl sites for hydroxylation is 1. The molecule has 2 unspecified atom stereocenters. The number of hydrogen-bond donors (Lipinski definition) is 2. The van der Waals surface area contributed by atoms with E-state index in [-0.39, 0.29) is 0 Å². The Balaban J connectivity index is 2.31. The first-order chi connectivity index (χ1) is 8.65. The van der Waals surface area contributed by atoms with Crippen molar-refractivity contribution in [1.29, 1.82) is 0 Å². The Morgan fingerprint density at radius 2 is 1.78 bits per heavy atom. The lowest BCUT2D eigenvalue weighted by molar-refractivity contribution is 0.396. The van der Waals surface area contributed by atoms with Gasteiger partial charge in [-0.3, -0.25) is 0 Å². The number of hydrogen-bond acceptors (Lipinski definition) is 2. The molecule has 0 saturated heterocycles. The van der Waals surface area contributed by atoms with Crippen LogP contribution in [0.4, 0.5) is 0 Å². The van der Waals surface area contributed by atoms with E-state index in [2.05, 4.69) is 26.1 Å². The highest BCUT2D eigenvalue weighted by Crippen LogP contribution is 2.12. The van der Waals surface area contributed by atoms with E-state index in [4.69, 9.17) is 0 Å². The molecule has 0 saturated carbocycles. The molecule has 102 valence electrons. The molecule has 0 aliphatic carbocycles. The van der Waals surface area contributed by atoms with E-state index in [1.165, 1.54) is 24.8 Å². The first-order valence-corrected chi connectivity index (χ1v) is 7.19. The van der Waals surface area contributed by atoms with Crippen LogP contribution in [-0.2, 0) is 6.42 Å². The maximum absolute atomic E-state index is 9.23. The molecule has 0 heterocycles. The predicted octanol–water partition coefficient (Wildman–Crippen LogP) is 3.88. The molecular formula is C16H27NO. The van der Waals surface area contributed by atoms with Crippen molar-refractivity contribution in [2.75, 3.05) is 0 Å². The minimum Gasteiger partial charge on any atom is -0.508 e. The maximum Gasteiger partial charge on any atom is 0.115 e. The summed E-state index contributed by atoms with van der Waals surface area (Å²) < 4.78 is 0. The largest absolute Gasteiger partial charge is 0.508 e. The van der Waals surface area contributed by atoms with E-state index in [9.17, 15) is 5.11 Å². The molecule has 0 aromatic heterocycles. The highest BCUT2D eigenvalue weighted by Gasteiger charge is 2.09. The Morgan fingerprint density at radius 1 is 1.11 bits per heavy atom. The Labute approximate surface area is 111 Å². The summed E-state index contributed by atoms with van der Waals surface area (Å²) in [6.07, 6.45) is 5.93. The van der Waals surface area contributed by atoms with E-state index in [0.717, 1.165) is 12.8 Å². The molecule has 1 aromatic carbocycles. The fourth-order valence-electron chi connectivity index (χ4n) is 2.29. The van der Waals surface area contributed by atoms with Crippen LogP contribution in [0.25, 0.3) is 0 Å². The third-order valence-electron chi connectivity index (χ3n) is 3.45. The SMILES string of the molecule is CCCC(CC)NC(C)CCc1ccc(O)cc1. The van der Waals surface area contributed by atoms with Crippen molar-refractivity contribution in [3.8, 4) is 5.75 Å². The van der Waals surface area contributed by atoms with Crippen molar-refractivity contribution < 1.29 is 5.11 Å². The van der Waals surface area contributed by atoms with Crippen molar-refractivity contribution in [2.24, 2.45) is 0 Å². The summed E-state index contributed by atoms with van der Waals surface area (Å²) in [4.78, 5) is 0. The van der Waals surface area contributed by atoms with Crippen LogP contribution < -0.4 is 5.32 Å². The van der Waals surface area contributed by atoms with Crippen molar-refractivity contribution >= 4 is 0 Å². The van der Waals surface area contributed by atoms with E-state index in [1.54, 1.807) is 12.1 Å². The van der Waals surface area contributed by atoms with Gasteiger partial charge >= 0.3 is 0 Å². The van der Waals surface area contributed by atoms with Crippen molar-refractivity contribution in [2.45, 2.75) is 65.0 Å². The Bertz CT molecular complexity index is 320. The molecule has 2 nitrogen and oxygen atoms in total. The first-order valence-electron chi connectivity index (χ1n) is 7.19. The molecule has 0 aliphatic heterocycles. The van der Waals surface area contributed by atoms with Crippen LogP contribution in [-0.4, -0.2) is 17.2 Å². The average molecular weight is 249 g/mol. The van der Waals surface area contributed by atoms with Crippen LogP contribution in [0.5, 0.6) is 5.75 Å². The zero-order chi connectivity index (χ0) is 13.4. The smallest absolute Gasteiger partial charge is 0.115 e. The summed E-state index contributed by atoms with van der Waals surface area (Å²) in [6.45, 7) is 6.75. The van der Waals surface area contributed by atoms with Gasteiger partial charge in [-0.25, -0.2) is 0 Å². The molecule has 2 heteroatoms. The first kappa shape index (κ1) is 15.0. The van der Waals surface area contributed by atoms with Crippen molar-refractivity contribution in [1.82, 2.24) is 5.32 Å². The second kappa shape index (κ2) is 8.15. The summed E-state index contributed by atoms with van der Waals surface area (Å²) in [5.74, 6) is 0.346. The fraction of sp³-hybridized carbons (Fsp3) is 0.625. The molecule has 1 aromatic rings. The van der Waals surface area contributed by atoms with E-state index < -0.39 is 0 Å². The molecule has 2 N–H and O–H groups in total. The molecular weight excluding hydrogens is 222 g/mol. The quantitative estimate of drug-likeness (QED) is 0.732. The molecule has 0 aliphatic rings. The second-order valence-electron chi connectivity index (χ2n) is 5.17. The summed E-state index contributed by atoms with van der Waals surface area (Å²) in [5, 5.41) is 12.9. The minimum absolute atomic E-state index is 0.346. The van der Waals surface area contributed by atoms with Gasteiger partial charge in [0.15, 0.2) is 0 Å².